The first-order chi connectivity index (χ1) is 15.4. The molecule has 0 saturated carbocycles. The maximum absolute atomic E-state index is 12.7. The summed E-state index contributed by atoms with van der Waals surface area (Å²) >= 11 is 0. The first-order valence-electron chi connectivity index (χ1n) is 9.72. The van der Waals surface area contributed by atoms with E-state index in [9.17, 15) is 8.42 Å². The van der Waals surface area contributed by atoms with E-state index in [1.807, 2.05) is 12.1 Å². The number of nitrogens with two attached hydrogens (primary N) is 1. The van der Waals surface area contributed by atoms with Crippen LogP contribution in [-0.4, -0.2) is 32.6 Å². The number of nitrogens with zero attached hydrogens (tertiary/aromatic N) is 2. The van der Waals surface area contributed by atoms with Crippen LogP contribution in [0.4, 0.5) is 11.5 Å². The van der Waals surface area contributed by atoms with Crippen molar-refractivity contribution >= 4 is 32.6 Å². The molecule has 0 aliphatic heterocycles. The van der Waals surface area contributed by atoms with E-state index >= 15 is 0 Å². The second-order valence-corrected chi connectivity index (χ2v) is 8.70. The van der Waals surface area contributed by atoms with Crippen molar-refractivity contribution in [3.8, 4) is 11.5 Å². The largest absolute Gasteiger partial charge is 0.497 e. The van der Waals surface area contributed by atoms with E-state index < -0.39 is 15.3 Å². The summed E-state index contributed by atoms with van der Waals surface area (Å²) in [5, 5.41) is 7.65. The van der Waals surface area contributed by atoms with Crippen LogP contribution in [0.2, 0.25) is 0 Å². The normalized spacial score (nSPS) is 12.3. The number of primary sulfonamides is 1. The van der Waals surface area contributed by atoms with Gasteiger partial charge >= 0.3 is 0 Å². The average Bonchev–Trinajstić information content (AvgIpc) is 2.79. The summed E-state index contributed by atoms with van der Waals surface area (Å²) in [4.78, 5) is 9.32. The fraction of sp³-hybridized carbons (Fsp3) is 0.130. The Hall–Kier alpha value is -3.69. The second-order valence-electron chi connectivity index (χ2n) is 7.05. The minimum absolute atomic E-state index is 0.194. The highest BCUT2D eigenvalue weighted by atomic mass is 32.2. The molecule has 4 aromatic rings. The number of methoxy groups -OCH3 is 2. The van der Waals surface area contributed by atoms with Crippen molar-refractivity contribution in [2.24, 2.45) is 5.14 Å². The molecule has 8 nitrogen and oxygen atoms in total. The van der Waals surface area contributed by atoms with Crippen molar-refractivity contribution in [1.29, 1.82) is 0 Å². The first kappa shape index (κ1) is 21.5. The summed E-state index contributed by atoms with van der Waals surface area (Å²) in [6, 6.07) is 21.2. The maximum Gasteiger partial charge on any atom is 0.222 e. The number of benzene rings is 3. The summed E-state index contributed by atoms with van der Waals surface area (Å²) in [6.45, 7) is 0. The van der Waals surface area contributed by atoms with Gasteiger partial charge in [0.05, 0.1) is 25.3 Å². The summed E-state index contributed by atoms with van der Waals surface area (Å²) in [5.41, 5.74) is 2.44. The molecule has 9 heteroatoms. The molecular weight excluding hydrogens is 428 g/mol. The Morgan fingerprint density at radius 3 is 1.97 bits per heavy atom. The molecule has 0 fully saturated rings. The van der Waals surface area contributed by atoms with Crippen LogP contribution in [0.3, 0.4) is 0 Å². The standard InChI is InChI=1S/C23H22N4O4S/c1-30-17-12-16(13-18(14-17)31-2)25-23-21(26-19-10-6-7-11-20(19)27-23)22(32(24,28)29)15-8-4-3-5-9-15/h3-14,22H,1-2H3,(H,25,27)(H2,24,28,29). The SMILES string of the molecule is COc1cc(Nc2nc3ccccc3nc2C(c2ccccc2)S(N)(=O)=O)cc(OC)c1. The Balaban J connectivity index is 1.93. The van der Waals surface area contributed by atoms with Gasteiger partial charge < -0.3 is 14.8 Å². The molecule has 32 heavy (non-hydrogen) atoms. The minimum atomic E-state index is -4.07. The van der Waals surface area contributed by atoms with Crippen LogP contribution >= 0.6 is 0 Å². The maximum atomic E-state index is 12.7. The molecule has 0 aliphatic carbocycles. The van der Waals surface area contributed by atoms with E-state index in [0.29, 0.717) is 33.8 Å². The number of nitrogens with one attached hydrogen (secondary N) is 1. The zero-order valence-corrected chi connectivity index (χ0v) is 18.3. The van der Waals surface area contributed by atoms with Crippen LogP contribution in [-0.2, 0) is 10.0 Å². The van der Waals surface area contributed by atoms with Crippen LogP contribution in [0.5, 0.6) is 11.5 Å². The lowest BCUT2D eigenvalue weighted by Crippen LogP contribution is -2.24. The molecule has 0 amide bonds. The highest BCUT2D eigenvalue weighted by molar-refractivity contribution is 7.89. The number of fused-ring (bicyclic) bond motifs is 1. The molecule has 1 atom stereocenters. The van der Waals surface area contributed by atoms with Crippen molar-refractivity contribution in [2.75, 3.05) is 19.5 Å². The van der Waals surface area contributed by atoms with Crippen LogP contribution in [0.1, 0.15) is 16.5 Å². The van der Waals surface area contributed by atoms with Crippen LogP contribution < -0.4 is 19.9 Å². The Morgan fingerprint density at radius 2 is 1.41 bits per heavy atom. The number of hydrogen-bond donors (Lipinski definition) is 2. The highest BCUT2D eigenvalue weighted by Crippen LogP contribution is 2.35. The summed E-state index contributed by atoms with van der Waals surface area (Å²) in [6.07, 6.45) is 0. The number of rotatable bonds is 7. The molecule has 4 rings (SSSR count). The summed E-state index contributed by atoms with van der Waals surface area (Å²) in [5.74, 6) is 1.39. The van der Waals surface area contributed by atoms with Gasteiger partial charge in [0.2, 0.25) is 10.0 Å². The average molecular weight is 451 g/mol. The fourth-order valence-electron chi connectivity index (χ4n) is 3.44. The van der Waals surface area contributed by atoms with Gasteiger partial charge in [0.15, 0.2) is 5.82 Å². The number of hydrogen-bond acceptors (Lipinski definition) is 7. The zero-order valence-electron chi connectivity index (χ0n) is 17.5. The Kier molecular flexibility index (Phi) is 5.93. The zero-order chi connectivity index (χ0) is 22.7. The third kappa shape index (κ3) is 4.48. The van der Waals surface area contributed by atoms with Gasteiger partial charge in [-0.15, -0.1) is 0 Å². The van der Waals surface area contributed by atoms with Gasteiger partial charge in [-0.2, -0.15) is 0 Å². The van der Waals surface area contributed by atoms with E-state index in [1.54, 1.807) is 74.9 Å². The molecule has 1 heterocycles. The topological polar surface area (TPSA) is 116 Å². The summed E-state index contributed by atoms with van der Waals surface area (Å²) in [7, 11) is -0.976. The second kappa shape index (κ2) is 8.81. The van der Waals surface area contributed by atoms with E-state index in [-0.39, 0.29) is 11.5 Å². The van der Waals surface area contributed by atoms with Crippen LogP contribution in [0, 0.1) is 0 Å². The molecule has 1 unspecified atom stereocenters. The minimum Gasteiger partial charge on any atom is -0.497 e. The molecule has 0 saturated heterocycles. The quantitative estimate of drug-likeness (QED) is 0.440. The number of aromatic nitrogens is 2. The van der Waals surface area contributed by atoms with Gasteiger partial charge in [0, 0.05) is 23.9 Å². The van der Waals surface area contributed by atoms with Gasteiger partial charge in [-0.3, -0.25) is 0 Å². The van der Waals surface area contributed by atoms with Crippen LogP contribution in [0.25, 0.3) is 11.0 Å². The van der Waals surface area contributed by atoms with Gasteiger partial charge in [-0.25, -0.2) is 23.5 Å². The molecule has 3 aromatic carbocycles. The molecule has 0 spiro atoms. The van der Waals surface area contributed by atoms with Crippen LogP contribution in [0.15, 0.2) is 72.8 Å². The Morgan fingerprint density at radius 1 is 0.844 bits per heavy atom. The molecular formula is C23H22N4O4S. The van der Waals surface area contributed by atoms with Gasteiger partial charge in [0.25, 0.3) is 0 Å². The molecule has 0 aliphatic rings. The fourth-order valence-corrected chi connectivity index (χ4v) is 4.45. The lowest BCUT2D eigenvalue weighted by molar-refractivity contribution is 0.395. The van der Waals surface area contributed by atoms with Crippen molar-refractivity contribution < 1.29 is 17.9 Å². The van der Waals surface area contributed by atoms with Crippen molar-refractivity contribution in [3.63, 3.8) is 0 Å². The van der Waals surface area contributed by atoms with Crippen molar-refractivity contribution in [2.45, 2.75) is 5.25 Å². The van der Waals surface area contributed by atoms with E-state index in [2.05, 4.69) is 15.3 Å². The van der Waals surface area contributed by atoms with Crippen molar-refractivity contribution in [3.05, 3.63) is 84.1 Å². The predicted octanol–water partition coefficient (Wildman–Crippen LogP) is 3.77. The highest BCUT2D eigenvalue weighted by Gasteiger charge is 2.31. The van der Waals surface area contributed by atoms with E-state index in [1.165, 1.54) is 0 Å². The van der Waals surface area contributed by atoms with Crippen molar-refractivity contribution in [1.82, 2.24) is 9.97 Å². The first-order valence-corrected chi connectivity index (χ1v) is 11.3. The smallest absolute Gasteiger partial charge is 0.222 e. The third-order valence-electron chi connectivity index (χ3n) is 4.89. The molecule has 3 N–H and O–H groups in total. The number of ether oxygens (including phenoxy) is 2. The molecule has 0 bridgehead atoms. The molecule has 0 radical (unpaired) electrons. The van der Waals surface area contributed by atoms with E-state index in [4.69, 9.17) is 14.6 Å². The van der Waals surface area contributed by atoms with Gasteiger partial charge in [-0.1, -0.05) is 42.5 Å². The lowest BCUT2D eigenvalue weighted by Gasteiger charge is -2.19. The molecule has 1 aromatic heterocycles. The van der Waals surface area contributed by atoms with E-state index in [0.717, 1.165) is 0 Å². The summed E-state index contributed by atoms with van der Waals surface area (Å²) < 4.78 is 36.1. The third-order valence-corrected chi connectivity index (χ3v) is 6.04. The number of para-hydroxylation sites is 2. The lowest BCUT2D eigenvalue weighted by atomic mass is 10.1. The molecule has 164 valence electrons. The van der Waals surface area contributed by atoms with Gasteiger partial charge in [0.1, 0.15) is 22.4 Å². The van der Waals surface area contributed by atoms with Gasteiger partial charge in [-0.05, 0) is 17.7 Å². The number of anilines is 2. The number of sulfonamides is 1. The monoisotopic (exact) mass is 450 g/mol. The Labute approximate surface area is 186 Å². The predicted molar refractivity (Wildman–Crippen MR) is 124 cm³/mol. The Bertz CT molecular complexity index is 1340.